The summed E-state index contributed by atoms with van der Waals surface area (Å²) >= 11 is 1.60. The maximum atomic E-state index is 12.3. The Labute approximate surface area is 154 Å². The van der Waals surface area contributed by atoms with Crippen LogP contribution < -0.4 is 5.32 Å². The molecule has 2 aromatic heterocycles. The summed E-state index contributed by atoms with van der Waals surface area (Å²) in [5.41, 5.74) is 4.04. The molecule has 5 nitrogen and oxygen atoms in total. The van der Waals surface area contributed by atoms with E-state index in [0.717, 1.165) is 21.8 Å². The lowest BCUT2D eigenvalue weighted by molar-refractivity contribution is 0.102. The summed E-state index contributed by atoms with van der Waals surface area (Å²) in [7, 11) is 0. The molecule has 0 bridgehead atoms. The molecule has 2 aromatic carbocycles. The number of carbonyl (C=O) groups is 1. The number of hydrogen-bond donors (Lipinski definition) is 1. The van der Waals surface area contributed by atoms with E-state index in [-0.39, 0.29) is 5.91 Å². The highest BCUT2D eigenvalue weighted by atomic mass is 32.1. The van der Waals surface area contributed by atoms with Gasteiger partial charge in [0.2, 0.25) is 0 Å². The molecule has 1 N–H and O–H groups in total. The minimum Gasteiger partial charge on any atom is -0.361 e. The highest BCUT2D eigenvalue weighted by Gasteiger charge is 2.13. The fraction of sp³-hybridized carbons (Fsp3) is 0.0500. The first-order chi connectivity index (χ1) is 12.7. The van der Waals surface area contributed by atoms with Gasteiger partial charge in [-0.3, -0.25) is 4.79 Å². The summed E-state index contributed by atoms with van der Waals surface area (Å²) in [6, 6.07) is 17.7. The van der Waals surface area contributed by atoms with E-state index >= 15 is 0 Å². The van der Waals surface area contributed by atoms with Crippen molar-refractivity contribution in [1.82, 2.24) is 10.1 Å². The summed E-state index contributed by atoms with van der Waals surface area (Å²) in [6.07, 6.45) is 1.42. The van der Waals surface area contributed by atoms with Crippen LogP contribution in [0.4, 0.5) is 5.69 Å². The van der Waals surface area contributed by atoms with E-state index in [9.17, 15) is 4.79 Å². The second kappa shape index (κ2) is 6.93. The third kappa shape index (κ3) is 3.27. The minimum atomic E-state index is -0.246. The molecule has 0 aliphatic carbocycles. The van der Waals surface area contributed by atoms with Gasteiger partial charge in [-0.25, -0.2) is 4.98 Å². The summed E-state index contributed by atoms with van der Waals surface area (Å²) in [5.74, 6) is 0.245. The number of rotatable bonds is 4. The normalized spacial score (nSPS) is 10.7. The van der Waals surface area contributed by atoms with E-state index in [1.165, 1.54) is 6.20 Å². The van der Waals surface area contributed by atoms with Crippen LogP contribution in [0.3, 0.4) is 0 Å². The lowest BCUT2D eigenvalue weighted by Crippen LogP contribution is -2.12. The number of carbonyl (C=O) groups excluding carboxylic acids is 1. The van der Waals surface area contributed by atoms with Crippen molar-refractivity contribution < 1.29 is 9.32 Å². The van der Waals surface area contributed by atoms with Gasteiger partial charge in [-0.05, 0) is 19.1 Å². The van der Waals surface area contributed by atoms with Crippen LogP contribution in [0, 0.1) is 6.92 Å². The molecule has 2 heterocycles. The molecule has 0 saturated carbocycles. The molecular weight excluding hydrogens is 346 g/mol. The standard InChI is InChI=1S/C20H15N3O2S/c1-13-17(11-21-25-13)19(24)22-16-9-5-8-15(10-16)18-12-26-20(23-18)14-6-3-2-4-7-14/h2-12H,1H3,(H,22,24). The molecule has 6 heteroatoms. The first kappa shape index (κ1) is 16.2. The Bertz CT molecular complexity index is 1050. The third-order valence-corrected chi connectivity index (χ3v) is 4.83. The number of aromatic nitrogens is 2. The van der Waals surface area contributed by atoms with Crippen LogP contribution in [0.5, 0.6) is 0 Å². The molecule has 0 spiro atoms. The van der Waals surface area contributed by atoms with Gasteiger partial charge < -0.3 is 9.84 Å². The van der Waals surface area contributed by atoms with Crippen molar-refractivity contribution in [3.05, 3.63) is 77.5 Å². The predicted octanol–water partition coefficient (Wildman–Crippen LogP) is 5.03. The van der Waals surface area contributed by atoms with Crippen molar-refractivity contribution in [2.24, 2.45) is 0 Å². The van der Waals surface area contributed by atoms with Crippen molar-refractivity contribution in [3.63, 3.8) is 0 Å². The van der Waals surface area contributed by atoms with Gasteiger partial charge in [0.05, 0.1) is 11.9 Å². The highest BCUT2D eigenvalue weighted by molar-refractivity contribution is 7.13. The fourth-order valence-electron chi connectivity index (χ4n) is 2.59. The Kier molecular flexibility index (Phi) is 4.33. The zero-order valence-corrected chi connectivity index (χ0v) is 14.8. The van der Waals surface area contributed by atoms with E-state index < -0.39 is 0 Å². The Hall–Kier alpha value is -3.25. The summed E-state index contributed by atoms with van der Waals surface area (Å²) < 4.78 is 4.94. The van der Waals surface area contributed by atoms with E-state index in [1.807, 2.05) is 60.0 Å². The Morgan fingerprint density at radius 2 is 1.88 bits per heavy atom. The Balaban J connectivity index is 1.57. The van der Waals surface area contributed by atoms with E-state index in [4.69, 9.17) is 9.51 Å². The number of thiazole rings is 1. The monoisotopic (exact) mass is 361 g/mol. The van der Waals surface area contributed by atoms with Crippen LogP contribution in [0.1, 0.15) is 16.1 Å². The SMILES string of the molecule is Cc1oncc1C(=O)Nc1cccc(-c2csc(-c3ccccc3)n2)c1. The van der Waals surface area contributed by atoms with Gasteiger partial charge in [0.1, 0.15) is 16.3 Å². The third-order valence-electron chi connectivity index (χ3n) is 3.94. The number of aryl methyl sites for hydroxylation is 1. The molecule has 128 valence electrons. The van der Waals surface area contributed by atoms with Crippen LogP contribution >= 0.6 is 11.3 Å². The molecule has 0 aliphatic rings. The number of benzene rings is 2. The molecule has 1 amide bonds. The lowest BCUT2D eigenvalue weighted by atomic mass is 10.1. The molecule has 0 unspecified atom stereocenters. The van der Waals surface area contributed by atoms with Crippen LogP contribution in [0.2, 0.25) is 0 Å². The molecule has 4 rings (SSSR count). The number of amides is 1. The predicted molar refractivity (Wildman–Crippen MR) is 102 cm³/mol. The van der Waals surface area contributed by atoms with Gasteiger partial charge in [0, 0.05) is 22.2 Å². The zero-order chi connectivity index (χ0) is 17.9. The van der Waals surface area contributed by atoms with Gasteiger partial charge >= 0.3 is 0 Å². The summed E-state index contributed by atoms with van der Waals surface area (Å²) in [6.45, 7) is 1.71. The maximum Gasteiger partial charge on any atom is 0.260 e. The fourth-order valence-corrected chi connectivity index (χ4v) is 3.43. The van der Waals surface area contributed by atoms with Crippen LogP contribution in [-0.2, 0) is 0 Å². The molecule has 0 radical (unpaired) electrons. The maximum absolute atomic E-state index is 12.3. The average molecular weight is 361 g/mol. The number of nitrogens with zero attached hydrogens (tertiary/aromatic N) is 2. The van der Waals surface area contributed by atoms with Gasteiger partial charge in [-0.2, -0.15) is 0 Å². The Morgan fingerprint density at radius 3 is 2.65 bits per heavy atom. The van der Waals surface area contributed by atoms with E-state index in [2.05, 4.69) is 10.5 Å². The topological polar surface area (TPSA) is 68.0 Å². The molecule has 26 heavy (non-hydrogen) atoms. The van der Waals surface area contributed by atoms with Crippen molar-refractivity contribution >= 4 is 22.9 Å². The smallest absolute Gasteiger partial charge is 0.260 e. The second-order valence-electron chi connectivity index (χ2n) is 5.73. The summed E-state index contributed by atoms with van der Waals surface area (Å²) in [4.78, 5) is 17.0. The molecular formula is C20H15N3O2S. The molecule has 0 aliphatic heterocycles. The average Bonchev–Trinajstić information content (AvgIpc) is 3.32. The Morgan fingerprint density at radius 1 is 1.08 bits per heavy atom. The number of nitrogens with one attached hydrogen (secondary N) is 1. The minimum absolute atomic E-state index is 0.246. The van der Waals surface area contributed by atoms with Crippen molar-refractivity contribution in [2.45, 2.75) is 6.92 Å². The second-order valence-corrected chi connectivity index (χ2v) is 6.59. The van der Waals surface area contributed by atoms with E-state index in [0.29, 0.717) is 17.0 Å². The van der Waals surface area contributed by atoms with Crippen molar-refractivity contribution in [2.75, 3.05) is 5.32 Å². The van der Waals surface area contributed by atoms with Gasteiger partial charge in [0.15, 0.2) is 0 Å². The first-order valence-electron chi connectivity index (χ1n) is 8.05. The first-order valence-corrected chi connectivity index (χ1v) is 8.93. The lowest BCUT2D eigenvalue weighted by Gasteiger charge is -2.05. The van der Waals surface area contributed by atoms with Gasteiger partial charge in [0.25, 0.3) is 5.91 Å². The quantitative estimate of drug-likeness (QED) is 0.554. The molecule has 4 aromatic rings. The van der Waals surface area contributed by atoms with Crippen molar-refractivity contribution in [1.29, 1.82) is 0 Å². The zero-order valence-electron chi connectivity index (χ0n) is 14.0. The largest absolute Gasteiger partial charge is 0.361 e. The number of hydrogen-bond acceptors (Lipinski definition) is 5. The van der Waals surface area contributed by atoms with Crippen LogP contribution in [-0.4, -0.2) is 16.0 Å². The van der Waals surface area contributed by atoms with Gasteiger partial charge in [-0.15, -0.1) is 11.3 Å². The molecule has 0 fully saturated rings. The van der Waals surface area contributed by atoms with Crippen LogP contribution in [0.15, 0.2) is 70.7 Å². The van der Waals surface area contributed by atoms with Crippen LogP contribution in [0.25, 0.3) is 21.8 Å². The highest BCUT2D eigenvalue weighted by Crippen LogP contribution is 2.30. The van der Waals surface area contributed by atoms with E-state index in [1.54, 1.807) is 18.3 Å². The summed E-state index contributed by atoms with van der Waals surface area (Å²) in [5, 5.41) is 9.50. The van der Waals surface area contributed by atoms with Gasteiger partial charge in [-0.1, -0.05) is 47.6 Å². The molecule has 0 saturated heterocycles. The van der Waals surface area contributed by atoms with Crippen molar-refractivity contribution in [3.8, 4) is 21.8 Å². The molecule has 0 atom stereocenters. The number of anilines is 1.